The van der Waals surface area contributed by atoms with E-state index < -0.39 is 17.7 Å². The fourth-order valence-electron chi connectivity index (χ4n) is 3.60. The van der Waals surface area contributed by atoms with Crippen LogP contribution >= 0.6 is 0 Å². The maximum Gasteiger partial charge on any atom is 0.416 e. The van der Waals surface area contributed by atoms with Gasteiger partial charge in [0.05, 0.1) is 24.3 Å². The minimum Gasteiger partial charge on any atom is -0.493 e. The Balaban J connectivity index is 1.57. The van der Waals surface area contributed by atoms with E-state index in [4.69, 9.17) is 14.3 Å². The molecule has 0 radical (unpaired) electrons. The van der Waals surface area contributed by atoms with Gasteiger partial charge in [-0.25, -0.2) is 4.98 Å². The fourth-order valence-corrected chi connectivity index (χ4v) is 3.60. The van der Waals surface area contributed by atoms with Gasteiger partial charge < -0.3 is 14.3 Å². The second kappa shape index (κ2) is 10.0. The molecule has 0 atom stereocenters. The summed E-state index contributed by atoms with van der Waals surface area (Å²) >= 11 is 0. The molecule has 0 bridgehead atoms. The van der Waals surface area contributed by atoms with Crippen molar-refractivity contribution in [3.8, 4) is 28.5 Å². The largest absolute Gasteiger partial charge is 0.493 e. The Labute approximate surface area is 199 Å². The van der Waals surface area contributed by atoms with Crippen LogP contribution in [0.1, 0.15) is 22.4 Å². The molecule has 0 amide bonds. The second-order valence-corrected chi connectivity index (χ2v) is 8.00. The number of aliphatic carboxylic acids is 1. The van der Waals surface area contributed by atoms with E-state index in [1.54, 1.807) is 12.1 Å². The number of nitrogens with zero attached hydrogens (tertiary/aromatic N) is 1. The van der Waals surface area contributed by atoms with E-state index in [0.29, 0.717) is 34.8 Å². The van der Waals surface area contributed by atoms with Crippen LogP contribution < -0.4 is 4.74 Å². The summed E-state index contributed by atoms with van der Waals surface area (Å²) in [7, 11) is 0. The third-order valence-electron chi connectivity index (χ3n) is 5.40. The molecule has 0 aliphatic carbocycles. The number of carboxylic acids is 1. The Morgan fingerprint density at radius 1 is 1.00 bits per heavy atom. The van der Waals surface area contributed by atoms with Gasteiger partial charge in [0.2, 0.25) is 5.89 Å². The third-order valence-corrected chi connectivity index (χ3v) is 5.40. The van der Waals surface area contributed by atoms with Gasteiger partial charge in [-0.2, -0.15) is 13.2 Å². The first-order valence-corrected chi connectivity index (χ1v) is 10.9. The lowest BCUT2D eigenvalue weighted by atomic mass is 10.1. The van der Waals surface area contributed by atoms with Crippen molar-refractivity contribution in [3.05, 3.63) is 95.2 Å². The molecule has 4 aromatic rings. The number of rotatable bonds is 8. The lowest BCUT2D eigenvalue weighted by Crippen LogP contribution is -2.05. The molecule has 0 aliphatic heterocycles. The average molecular weight is 481 g/mol. The molecule has 3 aromatic carbocycles. The molecule has 180 valence electrons. The van der Waals surface area contributed by atoms with E-state index in [9.17, 15) is 18.0 Å². The van der Waals surface area contributed by atoms with Crippen LogP contribution in [0.3, 0.4) is 0 Å². The molecule has 8 heteroatoms. The third kappa shape index (κ3) is 5.90. The van der Waals surface area contributed by atoms with E-state index in [0.717, 1.165) is 23.3 Å². The van der Waals surface area contributed by atoms with Crippen LogP contribution in [-0.4, -0.2) is 22.7 Å². The quantitative estimate of drug-likeness (QED) is 0.308. The lowest BCUT2D eigenvalue weighted by molar-refractivity contribution is -0.138. The molecule has 0 saturated carbocycles. The standard InChI is InChI=1S/C27H22F3NO4/c1-17-7-8-18(16-24(32)33)15-23(17)34-14-13-22-25(19-5-3-2-4-6-19)35-26(31-22)20-9-11-21(12-10-20)27(28,29)30/h2-12,15H,13-14,16H2,1H3,(H,32,33). The summed E-state index contributed by atoms with van der Waals surface area (Å²) < 4.78 is 50.7. The van der Waals surface area contributed by atoms with Gasteiger partial charge in [0.25, 0.3) is 0 Å². The normalized spacial score (nSPS) is 11.4. The van der Waals surface area contributed by atoms with Crippen molar-refractivity contribution in [2.24, 2.45) is 0 Å². The predicted octanol–water partition coefficient (Wildman–Crippen LogP) is 6.58. The van der Waals surface area contributed by atoms with Gasteiger partial charge in [0.15, 0.2) is 5.76 Å². The first-order valence-electron chi connectivity index (χ1n) is 10.9. The highest BCUT2D eigenvalue weighted by Gasteiger charge is 2.30. The summed E-state index contributed by atoms with van der Waals surface area (Å²) in [6, 6.07) is 19.2. The van der Waals surface area contributed by atoms with Crippen LogP contribution in [0.15, 0.2) is 77.2 Å². The summed E-state index contributed by atoms with van der Waals surface area (Å²) in [6.45, 7) is 2.12. The van der Waals surface area contributed by atoms with Crippen LogP contribution in [0.4, 0.5) is 13.2 Å². The molecule has 0 aliphatic rings. The molecular formula is C27H22F3NO4. The lowest BCUT2D eigenvalue weighted by Gasteiger charge is -2.10. The zero-order valence-corrected chi connectivity index (χ0v) is 18.8. The summed E-state index contributed by atoms with van der Waals surface area (Å²) in [5.41, 5.74) is 2.57. The highest BCUT2D eigenvalue weighted by molar-refractivity contribution is 5.70. The van der Waals surface area contributed by atoms with Gasteiger partial charge in [-0.05, 0) is 48.4 Å². The summed E-state index contributed by atoms with van der Waals surface area (Å²) in [4.78, 5) is 15.6. The number of aromatic nitrogens is 1. The van der Waals surface area contributed by atoms with E-state index in [1.165, 1.54) is 12.1 Å². The zero-order valence-electron chi connectivity index (χ0n) is 18.8. The Morgan fingerprint density at radius 2 is 1.71 bits per heavy atom. The molecule has 1 N–H and O–H groups in total. The number of carboxylic acid groups (broad SMARTS) is 1. The van der Waals surface area contributed by atoms with Crippen molar-refractivity contribution in [1.82, 2.24) is 4.98 Å². The second-order valence-electron chi connectivity index (χ2n) is 8.00. The number of hydrogen-bond acceptors (Lipinski definition) is 4. The number of alkyl halides is 3. The maximum absolute atomic E-state index is 12.9. The number of hydrogen-bond donors (Lipinski definition) is 1. The van der Waals surface area contributed by atoms with E-state index in [1.807, 2.05) is 43.3 Å². The minimum absolute atomic E-state index is 0.103. The van der Waals surface area contributed by atoms with Gasteiger partial charge in [0.1, 0.15) is 5.75 Å². The highest BCUT2D eigenvalue weighted by atomic mass is 19.4. The van der Waals surface area contributed by atoms with Gasteiger partial charge in [-0.1, -0.05) is 42.5 Å². The number of benzene rings is 3. The number of oxazole rings is 1. The summed E-state index contributed by atoms with van der Waals surface area (Å²) in [5, 5.41) is 9.03. The summed E-state index contributed by atoms with van der Waals surface area (Å²) in [5.74, 6) is 0.384. The minimum atomic E-state index is -4.42. The number of carbonyl (C=O) groups is 1. The Hall–Kier alpha value is -4.07. The van der Waals surface area contributed by atoms with Crippen LogP contribution in [0.25, 0.3) is 22.8 Å². The Morgan fingerprint density at radius 3 is 2.37 bits per heavy atom. The zero-order chi connectivity index (χ0) is 25.0. The van der Waals surface area contributed by atoms with Crippen molar-refractivity contribution in [2.75, 3.05) is 6.61 Å². The smallest absolute Gasteiger partial charge is 0.416 e. The maximum atomic E-state index is 12.9. The molecule has 5 nitrogen and oxygen atoms in total. The molecule has 4 rings (SSSR count). The van der Waals surface area contributed by atoms with Crippen LogP contribution in [0.2, 0.25) is 0 Å². The van der Waals surface area contributed by atoms with Gasteiger partial charge >= 0.3 is 12.1 Å². The summed E-state index contributed by atoms with van der Waals surface area (Å²) in [6.07, 6.45) is -4.15. The van der Waals surface area contributed by atoms with Crippen molar-refractivity contribution in [3.63, 3.8) is 0 Å². The van der Waals surface area contributed by atoms with Crippen molar-refractivity contribution >= 4 is 5.97 Å². The monoisotopic (exact) mass is 481 g/mol. The molecule has 0 unspecified atom stereocenters. The van der Waals surface area contributed by atoms with Crippen molar-refractivity contribution < 1.29 is 32.2 Å². The number of aryl methyl sites for hydroxylation is 1. The average Bonchev–Trinajstić information content (AvgIpc) is 3.25. The first-order chi connectivity index (χ1) is 16.7. The number of ether oxygens (including phenoxy) is 1. The van der Waals surface area contributed by atoms with Crippen molar-refractivity contribution in [2.45, 2.75) is 25.9 Å². The fraction of sp³-hybridized carbons (Fsp3) is 0.185. The Bertz CT molecular complexity index is 1310. The predicted molar refractivity (Wildman–Crippen MR) is 124 cm³/mol. The van der Waals surface area contributed by atoms with Gasteiger partial charge in [-0.15, -0.1) is 0 Å². The first kappa shape index (κ1) is 24.1. The molecule has 0 fully saturated rings. The van der Waals surface area contributed by atoms with Crippen LogP contribution in [-0.2, 0) is 23.8 Å². The Kier molecular flexibility index (Phi) is 6.91. The number of halogens is 3. The van der Waals surface area contributed by atoms with Gasteiger partial charge in [-0.3, -0.25) is 4.79 Å². The molecule has 0 spiro atoms. The topological polar surface area (TPSA) is 72.6 Å². The van der Waals surface area contributed by atoms with Crippen LogP contribution in [0, 0.1) is 6.92 Å². The molecule has 35 heavy (non-hydrogen) atoms. The molecule has 1 aromatic heterocycles. The molecular weight excluding hydrogens is 459 g/mol. The van der Waals surface area contributed by atoms with E-state index in [-0.39, 0.29) is 18.9 Å². The van der Waals surface area contributed by atoms with Crippen LogP contribution in [0.5, 0.6) is 5.75 Å². The SMILES string of the molecule is Cc1ccc(CC(=O)O)cc1OCCc1nc(-c2ccc(C(F)(F)F)cc2)oc1-c1ccccc1. The van der Waals surface area contributed by atoms with E-state index >= 15 is 0 Å². The molecule has 0 saturated heterocycles. The van der Waals surface area contributed by atoms with E-state index in [2.05, 4.69) is 4.98 Å². The molecule has 1 heterocycles. The van der Waals surface area contributed by atoms with Crippen molar-refractivity contribution in [1.29, 1.82) is 0 Å². The van der Waals surface area contributed by atoms with Gasteiger partial charge in [0, 0.05) is 17.5 Å². The highest BCUT2D eigenvalue weighted by Crippen LogP contribution is 2.33.